The fourth-order valence-corrected chi connectivity index (χ4v) is 2.77. The number of aromatic nitrogens is 4. The number of nitrogens with zero attached hydrogens (tertiary/aromatic N) is 4. The second kappa shape index (κ2) is 6.26. The number of halogens is 1. The number of hydrogen-bond donors (Lipinski definition) is 0. The van der Waals surface area contributed by atoms with Crippen LogP contribution in [0.2, 0.25) is 5.02 Å². The van der Waals surface area contributed by atoms with Crippen LogP contribution < -0.4 is 0 Å². The summed E-state index contributed by atoms with van der Waals surface area (Å²) in [4.78, 5) is 8.51. The van der Waals surface area contributed by atoms with E-state index in [4.69, 9.17) is 11.6 Å². The summed E-state index contributed by atoms with van der Waals surface area (Å²) in [6, 6.07) is 15.6. The highest BCUT2D eigenvalue weighted by molar-refractivity contribution is 6.31. The third kappa shape index (κ3) is 2.92. The molecule has 0 atom stereocenters. The molecule has 4 aromatic rings. The van der Waals surface area contributed by atoms with Crippen molar-refractivity contribution in [2.45, 2.75) is 0 Å². The first kappa shape index (κ1) is 14.6. The molecule has 0 unspecified atom stereocenters. The Bertz CT molecular complexity index is 965. The smallest absolute Gasteiger partial charge is 0.0733 e. The Balaban J connectivity index is 1.75. The maximum Gasteiger partial charge on any atom is 0.0733 e. The Labute approximate surface area is 144 Å². The average molecular weight is 333 g/mol. The molecule has 0 spiro atoms. The van der Waals surface area contributed by atoms with Gasteiger partial charge in [0.05, 0.1) is 17.6 Å². The summed E-state index contributed by atoms with van der Waals surface area (Å²) in [6.07, 6.45) is 9.08. The lowest BCUT2D eigenvalue weighted by molar-refractivity contribution is 0.881. The van der Waals surface area contributed by atoms with E-state index in [0.717, 1.165) is 28.1 Å². The van der Waals surface area contributed by atoms with Crippen molar-refractivity contribution in [2.24, 2.45) is 0 Å². The van der Waals surface area contributed by atoms with E-state index in [1.807, 2.05) is 60.9 Å². The van der Waals surface area contributed by atoms with E-state index in [0.29, 0.717) is 5.02 Å². The van der Waals surface area contributed by atoms with Crippen LogP contribution in [0, 0.1) is 0 Å². The molecule has 0 bridgehead atoms. The Hall–Kier alpha value is -2.98. The molecule has 0 aliphatic heterocycles. The van der Waals surface area contributed by atoms with Gasteiger partial charge in [-0.05, 0) is 42.0 Å². The van der Waals surface area contributed by atoms with Crippen molar-refractivity contribution >= 4 is 11.6 Å². The van der Waals surface area contributed by atoms with E-state index in [1.54, 1.807) is 23.3 Å². The van der Waals surface area contributed by atoms with Crippen LogP contribution in [0.25, 0.3) is 28.1 Å². The normalized spacial score (nSPS) is 10.7. The van der Waals surface area contributed by atoms with Gasteiger partial charge >= 0.3 is 0 Å². The van der Waals surface area contributed by atoms with Crippen LogP contribution in [0.4, 0.5) is 0 Å². The fraction of sp³-hybridized carbons (Fsp3) is 0. The molecule has 3 aromatic heterocycles. The molecule has 0 N–H and O–H groups in total. The van der Waals surface area contributed by atoms with Crippen molar-refractivity contribution < 1.29 is 0 Å². The number of benzene rings is 1. The molecule has 24 heavy (non-hydrogen) atoms. The van der Waals surface area contributed by atoms with Gasteiger partial charge in [0.25, 0.3) is 0 Å². The zero-order chi connectivity index (χ0) is 16.4. The first-order valence-corrected chi connectivity index (χ1v) is 7.85. The van der Waals surface area contributed by atoms with Gasteiger partial charge in [0.1, 0.15) is 0 Å². The number of hydrogen-bond acceptors (Lipinski definition) is 3. The van der Waals surface area contributed by atoms with Crippen molar-refractivity contribution in [2.75, 3.05) is 0 Å². The number of rotatable bonds is 3. The van der Waals surface area contributed by atoms with Crippen LogP contribution in [0.1, 0.15) is 0 Å². The summed E-state index contributed by atoms with van der Waals surface area (Å²) < 4.78 is 1.80. The standard InChI is InChI=1S/C19H13ClN4/c20-17-8-15(14-4-3-6-21-11-14)9-18(10-17)24-13-16(12-23-24)19-5-1-2-7-22-19/h1-13H. The Morgan fingerprint density at radius 3 is 2.58 bits per heavy atom. The van der Waals surface area contributed by atoms with Crippen LogP contribution >= 0.6 is 11.6 Å². The van der Waals surface area contributed by atoms with Crippen LogP contribution in [0.5, 0.6) is 0 Å². The molecule has 0 aliphatic rings. The SMILES string of the molecule is Clc1cc(-c2cccnc2)cc(-n2cc(-c3ccccn3)cn2)c1. The third-order valence-electron chi connectivity index (χ3n) is 3.69. The zero-order valence-electron chi connectivity index (χ0n) is 12.7. The Morgan fingerprint density at radius 2 is 1.79 bits per heavy atom. The van der Waals surface area contributed by atoms with E-state index in [9.17, 15) is 0 Å². The zero-order valence-corrected chi connectivity index (χ0v) is 13.4. The van der Waals surface area contributed by atoms with Gasteiger partial charge in [-0.25, -0.2) is 4.68 Å². The molecule has 0 saturated heterocycles. The Kier molecular flexibility index (Phi) is 3.81. The predicted molar refractivity (Wildman–Crippen MR) is 95.0 cm³/mol. The molecule has 4 nitrogen and oxygen atoms in total. The average Bonchev–Trinajstić information content (AvgIpc) is 3.13. The fourth-order valence-electron chi connectivity index (χ4n) is 2.54. The van der Waals surface area contributed by atoms with Gasteiger partial charge in [-0.1, -0.05) is 23.7 Å². The van der Waals surface area contributed by atoms with Crippen LogP contribution in [-0.4, -0.2) is 19.7 Å². The lowest BCUT2D eigenvalue weighted by Crippen LogP contribution is -1.95. The van der Waals surface area contributed by atoms with E-state index in [-0.39, 0.29) is 0 Å². The van der Waals surface area contributed by atoms with Crippen LogP contribution in [-0.2, 0) is 0 Å². The molecular weight excluding hydrogens is 320 g/mol. The summed E-state index contributed by atoms with van der Waals surface area (Å²) in [6.45, 7) is 0. The van der Waals surface area contributed by atoms with Gasteiger partial charge in [-0.15, -0.1) is 0 Å². The lowest BCUT2D eigenvalue weighted by atomic mass is 10.1. The van der Waals surface area contributed by atoms with E-state index >= 15 is 0 Å². The van der Waals surface area contributed by atoms with E-state index in [1.165, 1.54) is 0 Å². The minimum Gasteiger partial charge on any atom is -0.264 e. The number of pyridine rings is 2. The molecule has 0 aliphatic carbocycles. The topological polar surface area (TPSA) is 43.6 Å². The first-order valence-electron chi connectivity index (χ1n) is 7.47. The molecule has 0 fully saturated rings. The molecule has 116 valence electrons. The summed E-state index contributed by atoms with van der Waals surface area (Å²) in [7, 11) is 0. The molecule has 3 heterocycles. The van der Waals surface area contributed by atoms with Gasteiger partial charge in [-0.3, -0.25) is 9.97 Å². The molecule has 4 rings (SSSR count). The lowest BCUT2D eigenvalue weighted by Gasteiger charge is -2.07. The van der Waals surface area contributed by atoms with Crippen molar-refractivity contribution in [3.8, 4) is 28.1 Å². The second-order valence-electron chi connectivity index (χ2n) is 5.33. The monoisotopic (exact) mass is 332 g/mol. The highest BCUT2D eigenvalue weighted by atomic mass is 35.5. The summed E-state index contributed by atoms with van der Waals surface area (Å²) in [5.74, 6) is 0. The van der Waals surface area contributed by atoms with Gasteiger partial charge < -0.3 is 0 Å². The minimum absolute atomic E-state index is 0.654. The largest absolute Gasteiger partial charge is 0.264 e. The van der Waals surface area contributed by atoms with Crippen molar-refractivity contribution in [3.63, 3.8) is 0 Å². The van der Waals surface area contributed by atoms with E-state index < -0.39 is 0 Å². The molecule has 0 amide bonds. The molecule has 0 radical (unpaired) electrons. The summed E-state index contributed by atoms with van der Waals surface area (Å²) in [5.41, 5.74) is 4.75. The molecule has 1 aromatic carbocycles. The predicted octanol–water partition coefficient (Wildman–Crippen LogP) is 4.65. The summed E-state index contributed by atoms with van der Waals surface area (Å²) in [5, 5.41) is 5.10. The van der Waals surface area contributed by atoms with Gasteiger partial charge in [0.2, 0.25) is 0 Å². The van der Waals surface area contributed by atoms with Gasteiger partial charge in [0.15, 0.2) is 0 Å². The highest BCUT2D eigenvalue weighted by Crippen LogP contribution is 2.27. The van der Waals surface area contributed by atoms with Crippen molar-refractivity contribution in [1.29, 1.82) is 0 Å². The van der Waals surface area contributed by atoms with Crippen molar-refractivity contribution in [3.05, 3.63) is 84.5 Å². The van der Waals surface area contributed by atoms with Gasteiger partial charge in [0, 0.05) is 40.9 Å². The Morgan fingerprint density at radius 1 is 0.833 bits per heavy atom. The summed E-state index contributed by atoms with van der Waals surface area (Å²) >= 11 is 6.30. The quantitative estimate of drug-likeness (QED) is 0.548. The molecule has 5 heteroatoms. The third-order valence-corrected chi connectivity index (χ3v) is 3.90. The maximum atomic E-state index is 6.30. The first-order chi connectivity index (χ1) is 11.8. The molecular formula is C19H13ClN4. The minimum atomic E-state index is 0.654. The maximum absolute atomic E-state index is 6.30. The van der Waals surface area contributed by atoms with Crippen LogP contribution in [0.3, 0.4) is 0 Å². The van der Waals surface area contributed by atoms with Crippen LogP contribution in [0.15, 0.2) is 79.5 Å². The highest BCUT2D eigenvalue weighted by Gasteiger charge is 2.07. The molecule has 0 saturated carbocycles. The van der Waals surface area contributed by atoms with Crippen molar-refractivity contribution in [1.82, 2.24) is 19.7 Å². The second-order valence-corrected chi connectivity index (χ2v) is 5.76. The van der Waals surface area contributed by atoms with Gasteiger partial charge in [-0.2, -0.15) is 5.10 Å². The van der Waals surface area contributed by atoms with E-state index in [2.05, 4.69) is 15.1 Å².